The molecule has 18 heavy (non-hydrogen) atoms. The summed E-state index contributed by atoms with van der Waals surface area (Å²) in [6.45, 7) is 9.13. The lowest BCUT2D eigenvalue weighted by Gasteiger charge is -2.27. The van der Waals surface area contributed by atoms with Gasteiger partial charge in [-0.25, -0.2) is 0 Å². The minimum Gasteiger partial charge on any atom is -0.398 e. The molecule has 0 bridgehead atoms. The lowest BCUT2D eigenvalue weighted by molar-refractivity contribution is 0.212. The topological polar surface area (TPSA) is 29.3 Å². The summed E-state index contributed by atoms with van der Waals surface area (Å²) in [5.74, 6) is 0. The van der Waals surface area contributed by atoms with E-state index in [0.29, 0.717) is 5.41 Å². The second kappa shape index (κ2) is 5.31. The zero-order valence-corrected chi connectivity index (χ0v) is 11.9. The molecule has 0 aliphatic heterocycles. The first-order valence-electron chi connectivity index (χ1n) is 7.03. The second-order valence-corrected chi connectivity index (χ2v) is 6.71. The van der Waals surface area contributed by atoms with E-state index in [0.717, 1.165) is 18.3 Å². The molecule has 1 aromatic rings. The number of hydrogen-bond acceptors (Lipinski definition) is 2. The number of hydrogen-bond donors (Lipinski definition) is 1. The quantitative estimate of drug-likeness (QED) is 0.803. The molecule has 0 amide bonds. The molecule has 1 aliphatic rings. The van der Waals surface area contributed by atoms with Crippen molar-refractivity contribution in [1.82, 2.24) is 4.90 Å². The molecule has 0 spiro atoms. The number of para-hydroxylation sites is 1. The van der Waals surface area contributed by atoms with Gasteiger partial charge in [-0.3, -0.25) is 4.90 Å². The summed E-state index contributed by atoms with van der Waals surface area (Å²) in [4.78, 5) is 2.61. The van der Waals surface area contributed by atoms with Crippen LogP contribution in [0.25, 0.3) is 0 Å². The molecule has 2 N–H and O–H groups in total. The van der Waals surface area contributed by atoms with Crippen molar-refractivity contribution in [2.24, 2.45) is 5.41 Å². The van der Waals surface area contributed by atoms with Crippen LogP contribution in [0.15, 0.2) is 24.3 Å². The summed E-state index contributed by atoms with van der Waals surface area (Å²) in [5, 5.41) is 0. The van der Waals surface area contributed by atoms with Crippen LogP contribution < -0.4 is 5.73 Å². The third kappa shape index (κ3) is 4.02. The predicted octanol–water partition coefficient (Wildman–Crippen LogP) is 3.67. The van der Waals surface area contributed by atoms with Gasteiger partial charge >= 0.3 is 0 Å². The predicted molar refractivity (Wildman–Crippen MR) is 78.4 cm³/mol. The number of benzene rings is 1. The summed E-state index contributed by atoms with van der Waals surface area (Å²) in [6.07, 6.45) is 3.96. The largest absolute Gasteiger partial charge is 0.398 e. The maximum atomic E-state index is 6.04. The van der Waals surface area contributed by atoms with Crippen LogP contribution in [0, 0.1) is 5.41 Å². The molecule has 0 heterocycles. The normalized spacial score (nSPS) is 16.2. The molecule has 2 rings (SSSR count). The minimum absolute atomic E-state index is 0.412. The first kappa shape index (κ1) is 13.4. The van der Waals surface area contributed by atoms with Crippen LogP contribution in [0.5, 0.6) is 0 Å². The molecule has 0 saturated heterocycles. The van der Waals surface area contributed by atoms with E-state index in [1.807, 2.05) is 12.1 Å². The first-order valence-corrected chi connectivity index (χ1v) is 7.03. The Kier molecular flexibility index (Phi) is 3.96. The molecule has 0 aromatic heterocycles. The van der Waals surface area contributed by atoms with E-state index in [1.165, 1.54) is 31.4 Å². The number of nitrogen functional groups attached to an aromatic ring is 1. The van der Waals surface area contributed by atoms with Crippen molar-refractivity contribution in [2.45, 2.75) is 52.6 Å². The van der Waals surface area contributed by atoms with Crippen LogP contribution in [0.2, 0.25) is 0 Å². The van der Waals surface area contributed by atoms with Crippen molar-refractivity contribution in [3.63, 3.8) is 0 Å². The van der Waals surface area contributed by atoms with Gasteiger partial charge in [0.2, 0.25) is 0 Å². The first-order chi connectivity index (χ1) is 8.46. The van der Waals surface area contributed by atoms with Crippen molar-refractivity contribution in [1.29, 1.82) is 0 Å². The Bertz CT molecular complexity index is 388. The number of rotatable bonds is 5. The average molecular weight is 246 g/mol. The van der Waals surface area contributed by atoms with Gasteiger partial charge in [0.15, 0.2) is 0 Å². The third-order valence-corrected chi connectivity index (χ3v) is 3.64. The lowest BCUT2D eigenvalue weighted by atomic mass is 9.92. The summed E-state index contributed by atoms with van der Waals surface area (Å²) >= 11 is 0. The molecule has 1 saturated carbocycles. The van der Waals surface area contributed by atoms with Crippen molar-refractivity contribution in [3.8, 4) is 0 Å². The summed E-state index contributed by atoms with van der Waals surface area (Å²) in [7, 11) is 0. The van der Waals surface area contributed by atoms with Gasteiger partial charge in [-0.15, -0.1) is 0 Å². The van der Waals surface area contributed by atoms with E-state index in [9.17, 15) is 0 Å². The highest BCUT2D eigenvalue weighted by molar-refractivity contribution is 5.46. The molecule has 2 nitrogen and oxygen atoms in total. The van der Waals surface area contributed by atoms with Crippen LogP contribution in [0.3, 0.4) is 0 Å². The molecule has 1 fully saturated rings. The van der Waals surface area contributed by atoms with Gasteiger partial charge in [0.05, 0.1) is 0 Å². The highest BCUT2D eigenvalue weighted by Crippen LogP contribution is 2.31. The van der Waals surface area contributed by atoms with Crippen molar-refractivity contribution < 1.29 is 0 Å². The number of anilines is 1. The molecule has 1 aliphatic carbocycles. The van der Waals surface area contributed by atoms with E-state index in [1.54, 1.807) is 0 Å². The monoisotopic (exact) mass is 246 g/mol. The van der Waals surface area contributed by atoms with Gasteiger partial charge in [-0.05, 0) is 42.9 Å². The Labute approximate surface area is 111 Å². The Hall–Kier alpha value is -1.02. The lowest BCUT2D eigenvalue weighted by Crippen LogP contribution is -2.29. The summed E-state index contributed by atoms with van der Waals surface area (Å²) in [6, 6.07) is 9.05. The molecule has 0 atom stereocenters. The van der Waals surface area contributed by atoms with Crippen molar-refractivity contribution >= 4 is 5.69 Å². The minimum atomic E-state index is 0.412. The Balaban J connectivity index is 1.96. The van der Waals surface area contributed by atoms with Crippen LogP contribution in [0.4, 0.5) is 5.69 Å². The average Bonchev–Trinajstić information content (AvgIpc) is 3.09. The van der Waals surface area contributed by atoms with Gasteiger partial charge in [0.25, 0.3) is 0 Å². The Morgan fingerprint density at radius 1 is 1.22 bits per heavy atom. The van der Waals surface area contributed by atoms with E-state index in [4.69, 9.17) is 5.73 Å². The van der Waals surface area contributed by atoms with Gasteiger partial charge in [0, 0.05) is 18.3 Å². The molecule has 0 radical (unpaired) electrons. The van der Waals surface area contributed by atoms with E-state index in [-0.39, 0.29) is 0 Å². The van der Waals surface area contributed by atoms with Crippen molar-refractivity contribution in [3.05, 3.63) is 29.8 Å². The maximum absolute atomic E-state index is 6.04. The highest BCUT2D eigenvalue weighted by Gasteiger charge is 2.29. The second-order valence-electron chi connectivity index (χ2n) is 6.71. The fourth-order valence-electron chi connectivity index (χ4n) is 2.21. The standard InChI is InChI=1S/C16H26N2/c1-16(2,3)10-11-18(14-8-9-14)12-13-6-4-5-7-15(13)17/h4-7,14H,8-12,17H2,1-3H3. The fraction of sp³-hybridized carbons (Fsp3) is 0.625. The van der Waals surface area contributed by atoms with Gasteiger partial charge < -0.3 is 5.73 Å². The molecule has 0 unspecified atom stereocenters. The molecular formula is C16H26N2. The Morgan fingerprint density at radius 2 is 1.89 bits per heavy atom. The van der Waals surface area contributed by atoms with E-state index < -0.39 is 0 Å². The molecule has 2 heteroatoms. The smallest absolute Gasteiger partial charge is 0.0359 e. The van der Waals surface area contributed by atoms with Crippen LogP contribution in [0.1, 0.15) is 45.6 Å². The van der Waals surface area contributed by atoms with Gasteiger partial charge in [-0.2, -0.15) is 0 Å². The zero-order chi connectivity index (χ0) is 13.2. The molecule has 100 valence electrons. The van der Waals surface area contributed by atoms with Gasteiger partial charge in [0.1, 0.15) is 0 Å². The number of nitrogens with zero attached hydrogens (tertiary/aromatic N) is 1. The SMILES string of the molecule is CC(C)(C)CCN(Cc1ccccc1N)C1CC1. The van der Waals surface area contributed by atoms with Crippen LogP contribution in [-0.4, -0.2) is 17.5 Å². The molecular weight excluding hydrogens is 220 g/mol. The molecule has 1 aromatic carbocycles. The summed E-state index contributed by atoms with van der Waals surface area (Å²) < 4.78 is 0. The number of nitrogens with two attached hydrogens (primary N) is 1. The van der Waals surface area contributed by atoms with Crippen LogP contribution >= 0.6 is 0 Å². The highest BCUT2D eigenvalue weighted by atomic mass is 15.2. The van der Waals surface area contributed by atoms with Crippen molar-refractivity contribution in [2.75, 3.05) is 12.3 Å². The third-order valence-electron chi connectivity index (χ3n) is 3.64. The fourth-order valence-corrected chi connectivity index (χ4v) is 2.21. The van der Waals surface area contributed by atoms with Crippen LogP contribution in [-0.2, 0) is 6.54 Å². The van der Waals surface area contributed by atoms with Gasteiger partial charge in [-0.1, -0.05) is 39.0 Å². The maximum Gasteiger partial charge on any atom is 0.0359 e. The Morgan fingerprint density at radius 3 is 2.44 bits per heavy atom. The van der Waals surface area contributed by atoms with E-state index in [2.05, 4.69) is 37.8 Å². The summed E-state index contributed by atoms with van der Waals surface area (Å²) in [5.41, 5.74) is 8.66. The van der Waals surface area contributed by atoms with E-state index >= 15 is 0 Å². The zero-order valence-electron chi connectivity index (χ0n) is 11.9.